The zero-order valence-corrected chi connectivity index (χ0v) is 7.16. The number of hydrogen-bond acceptors (Lipinski definition) is 5. The second kappa shape index (κ2) is 2.11. The topological polar surface area (TPSA) is 76.1 Å². The second-order valence-corrected chi connectivity index (χ2v) is 3.18. The number of aliphatic hydroxyl groups is 1. The summed E-state index contributed by atoms with van der Waals surface area (Å²) in [6.45, 7) is 1.47. The SMILES string of the molecule is COC1=C(O)C(=O)C2(C)OC2C1=O. The number of Topliss-reactive ketones (excluding diaryl/α,β-unsaturated/α-hetero) is 2. The monoisotopic (exact) mass is 184 g/mol. The van der Waals surface area contributed by atoms with Crippen LogP contribution in [0.5, 0.6) is 0 Å². The van der Waals surface area contributed by atoms with Crippen LogP contribution in [0.15, 0.2) is 11.5 Å². The first kappa shape index (κ1) is 8.25. The van der Waals surface area contributed by atoms with Crippen molar-refractivity contribution in [2.24, 2.45) is 0 Å². The van der Waals surface area contributed by atoms with Crippen LogP contribution >= 0.6 is 0 Å². The Bertz CT molecular complexity index is 342. The van der Waals surface area contributed by atoms with Gasteiger partial charge < -0.3 is 14.6 Å². The summed E-state index contributed by atoms with van der Waals surface area (Å²) < 4.78 is 9.52. The van der Waals surface area contributed by atoms with Gasteiger partial charge in [0.1, 0.15) is 0 Å². The molecule has 2 rings (SSSR count). The van der Waals surface area contributed by atoms with Gasteiger partial charge in [-0.1, -0.05) is 0 Å². The number of aliphatic hydroxyl groups excluding tert-OH is 1. The van der Waals surface area contributed by atoms with E-state index in [-0.39, 0.29) is 5.76 Å². The number of ether oxygens (including phenoxy) is 2. The lowest BCUT2D eigenvalue weighted by molar-refractivity contribution is -0.126. The third kappa shape index (κ3) is 0.793. The summed E-state index contributed by atoms with van der Waals surface area (Å²) in [7, 11) is 1.22. The molecule has 1 saturated heterocycles. The van der Waals surface area contributed by atoms with Crippen molar-refractivity contribution in [3.8, 4) is 0 Å². The van der Waals surface area contributed by atoms with Gasteiger partial charge in [0.2, 0.25) is 23.1 Å². The Morgan fingerprint density at radius 3 is 2.69 bits per heavy atom. The molecule has 1 fully saturated rings. The quantitative estimate of drug-likeness (QED) is 0.567. The van der Waals surface area contributed by atoms with Crippen molar-refractivity contribution in [2.45, 2.75) is 18.6 Å². The third-order valence-electron chi connectivity index (χ3n) is 2.35. The zero-order valence-electron chi connectivity index (χ0n) is 7.16. The summed E-state index contributed by atoms with van der Waals surface area (Å²) in [6.07, 6.45) is -0.772. The van der Waals surface area contributed by atoms with Gasteiger partial charge in [0.05, 0.1) is 7.11 Å². The lowest BCUT2D eigenvalue weighted by Gasteiger charge is -2.13. The van der Waals surface area contributed by atoms with E-state index in [0.29, 0.717) is 0 Å². The van der Waals surface area contributed by atoms with E-state index in [1.54, 1.807) is 0 Å². The van der Waals surface area contributed by atoms with E-state index in [4.69, 9.17) is 4.74 Å². The molecule has 0 saturated carbocycles. The molecule has 0 bridgehead atoms. The van der Waals surface area contributed by atoms with Crippen molar-refractivity contribution in [3.63, 3.8) is 0 Å². The minimum atomic E-state index is -1.15. The van der Waals surface area contributed by atoms with Crippen LogP contribution in [0.3, 0.4) is 0 Å². The summed E-state index contributed by atoms with van der Waals surface area (Å²) in [6, 6.07) is 0. The highest BCUT2D eigenvalue weighted by Gasteiger charge is 2.67. The first-order chi connectivity index (χ1) is 6.02. The Kier molecular flexibility index (Phi) is 1.34. The van der Waals surface area contributed by atoms with E-state index in [9.17, 15) is 14.7 Å². The molecule has 2 atom stereocenters. The van der Waals surface area contributed by atoms with Gasteiger partial charge in [-0.05, 0) is 6.92 Å². The van der Waals surface area contributed by atoms with Gasteiger partial charge in [-0.3, -0.25) is 9.59 Å². The van der Waals surface area contributed by atoms with Crippen LogP contribution in [0.1, 0.15) is 6.92 Å². The van der Waals surface area contributed by atoms with E-state index in [0.717, 1.165) is 0 Å². The maximum Gasteiger partial charge on any atom is 0.235 e. The predicted octanol–water partition coefficient (Wildman–Crippen LogP) is -0.288. The van der Waals surface area contributed by atoms with Crippen LogP contribution in [-0.4, -0.2) is 35.5 Å². The molecule has 1 aliphatic heterocycles. The maximum atomic E-state index is 11.3. The third-order valence-corrected chi connectivity index (χ3v) is 2.35. The van der Waals surface area contributed by atoms with Crippen LogP contribution in [-0.2, 0) is 19.1 Å². The molecule has 5 heteroatoms. The van der Waals surface area contributed by atoms with Gasteiger partial charge >= 0.3 is 0 Å². The standard InChI is InChI=1S/C8H8O5/c1-8-6(11)3(9)5(12-2)4(10)7(8)13-8/h7,9H,1-2H3. The molecular formula is C8H8O5. The van der Waals surface area contributed by atoms with E-state index in [1.807, 2.05) is 0 Å². The Labute approximate surface area is 73.9 Å². The molecular weight excluding hydrogens is 176 g/mol. The molecule has 0 radical (unpaired) electrons. The first-order valence-corrected chi connectivity index (χ1v) is 3.76. The summed E-state index contributed by atoms with van der Waals surface area (Å²) in [5.74, 6) is -2.00. The van der Waals surface area contributed by atoms with Gasteiger partial charge in [-0.25, -0.2) is 0 Å². The molecule has 70 valence electrons. The van der Waals surface area contributed by atoms with Crippen molar-refractivity contribution in [3.05, 3.63) is 11.5 Å². The fourth-order valence-electron chi connectivity index (χ4n) is 1.46. The van der Waals surface area contributed by atoms with E-state index >= 15 is 0 Å². The van der Waals surface area contributed by atoms with E-state index in [2.05, 4.69) is 4.74 Å². The van der Waals surface area contributed by atoms with Gasteiger partial charge in [0.25, 0.3) is 0 Å². The van der Waals surface area contributed by atoms with Gasteiger partial charge in [-0.2, -0.15) is 0 Å². The predicted molar refractivity (Wildman–Crippen MR) is 40.0 cm³/mol. The first-order valence-electron chi connectivity index (χ1n) is 3.76. The lowest BCUT2D eigenvalue weighted by atomic mass is 9.91. The number of methoxy groups -OCH3 is 1. The molecule has 0 aromatic rings. The average Bonchev–Trinajstić information content (AvgIpc) is 2.78. The Morgan fingerprint density at radius 1 is 1.54 bits per heavy atom. The second-order valence-electron chi connectivity index (χ2n) is 3.18. The maximum absolute atomic E-state index is 11.3. The van der Waals surface area contributed by atoms with E-state index in [1.165, 1.54) is 14.0 Å². The molecule has 1 aliphatic carbocycles. The van der Waals surface area contributed by atoms with Gasteiger partial charge in [0, 0.05) is 0 Å². The number of rotatable bonds is 1. The van der Waals surface area contributed by atoms with Crippen LogP contribution in [0.4, 0.5) is 0 Å². The Balaban J connectivity index is 2.49. The minimum Gasteiger partial charge on any atom is -0.502 e. The molecule has 13 heavy (non-hydrogen) atoms. The number of carbonyl (C=O) groups is 2. The van der Waals surface area contributed by atoms with Gasteiger partial charge in [0.15, 0.2) is 11.7 Å². The molecule has 0 aromatic heterocycles. The lowest BCUT2D eigenvalue weighted by Crippen LogP contribution is -2.36. The number of ketones is 2. The van der Waals surface area contributed by atoms with Crippen molar-refractivity contribution in [1.82, 2.24) is 0 Å². The highest BCUT2D eigenvalue weighted by Crippen LogP contribution is 2.44. The fraction of sp³-hybridized carbons (Fsp3) is 0.500. The Morgan fingerprint density at radius 2 is 2.15 bits per heavy atom. The molecule has 1 heterocycles. The normalized spacial score (nSPS) is 37.5. The van der Waals surface area contributed by atoms with Crippen molar-refractivity contribution in [1.29, 1.82) is 0 Å². The van der Waals surface area contributed by atoms with E-state index < -0.39 is 29.0 Å². The van der Waals surface area contributed by atoms with Crippen LogP contribution in [0.2, 0.25) is 0 Å². The molecule has 0 amide bonds. The number of carbonyl (C=O) groups excluding carboxylic acids is 2. The summed E-state index contributed by atoms with van der Waals surface area (Å²) in [4.78, 5) is 22.7. The number of hydrogen-bond donors (Lipinski definition) is 1. The molecule has 1 N–H and O–H groups in total. The number of epoxide rings is 1. The number of fused-ring (bicyclic) bond motifs is 1. The molecule has 2 unspecified atom stereocenters. The van der Waals surface area contributed by atoms with Crippen molar-refractivity contribution < 1.29 is 24.2 Å². The summed E-state index contributed by atoms with van der Waals surface area (Å²) >= 11 is 0. The van der Waals surface area contributed by atoms with Crippen LogP contribution in [0, 0.1) is 0 Å². The highest BCUT2D eigenvalue weighted by molar-refractivity contribution is 6.18. The smallest absolute Gasteiger partial charge is 0.235 e. The largest absolute Gasteiger partial charge is 0.502 e. The zero-order chi connectivity index (χ0) is 9.80. The molecule has 5 nitrogen and oxygen atoms in total. The molecule has 0 spiro atoms. The van der Waals surface area contributed by atoms with Gasteiger partial charge in [-0.15, -0.1) is 0 Å². The molecule has 0 aromatic carbocycles. The minimum absolute atomic E-state index is 0.301. The van der Waals surface area contributed by atoms with Crippen LogP contribution < -0.4 is 0 Å². The molecule has 2 aliphatic rings. The summed E-state index contributed by atoms with van der Waals surface area (Å²) in [5.41, 5.74) is -1.15. The highest BCUT2D eigenvalue weighted by atomic mass is 16.6. The van der Waals surface area contributed by atoms with Crippen molar-refractivity contribution >= 4 is 11.6 Å². The van der Waals surface area contributed by atoms with Crippen LogP contribution in [0.25, 0.3) is 0 Å². The fourth-order valence-corrected chi connectivity index (χ4v) is 1.46. The summed E-state index contributed by atoms with van der Waals surface area (Å²) in [5, 5.41) is 9.27. The average molecular weight is 184 g/mol. The van der Waals surface area contributed by atoms with Crippen molar-refractivity contribution in [2.75, 3.05) is 7.11 Å². The Hall–Kier alpha value is -1.36.